The molecular weight excluding hydrogens is 366 g/mol. The number of nitrogens with one attached hydrogen (secondary N) is 2. The molecule has 1 unspecified atom stereocenters. The van der Waals surface area contributed by atoms with Gasteiger partial charge in [0.25, 0.3) is 5.91 Å². The van der Waals surface area contributed by atoms with E-state index in [0.717, 1.165) is 11.3 Å². The quantitative estimate of drug-likeness (QED) is 0.827. The summed E-state index contributed by atoms with van der Waals surface area (Å²) in [6.45, 7) is 5.21. The predicted octanol–water partition coefficient (Wildman–Crippen LogP) is 2.99. The number of benzene rings is 2. The Morgan fingerprint density at radius 3 is 2.81 bits per heavy atom. The van der Waals surface area contributed by atoms with Crippen molar-refractivity contribution in [3.63, 3.8) is 0 Å². The Kier molecular flexibility index (Phi) is 5.86. The number of carbonyl (C=O) groups is 2. The third kappa shape index (κ3) is 4.92. The zero-order valence-electron chi connectivity index (χ0n) is 15.3. The first-order valence-corrected chi connectivity index (χ1v) is 9.15. The van der Waals surface area contributed by atoms with E-state index < -0.39 is 6.10 Å². The fourth-order valence-electron chi connectivity index (χ4n) is 2.88. The molecule has 27 heavy (non-hydrogen) atoms. The van der Waals surface area contributed by atoms with Crippen molar-refractivity contribution in [3.05, 3.63) is 53.1 Å². The standard InChI is InChI=1S/C20H22ClN3O3/c1-13-4-3-5-16(10-13)27-14(2)20(26)23-15-6-7-18(17(21)11-15)24-9-8-22-19(25)12-24/h3-7,10-11,14H,8-9,12H2,1-2H3,(H,22,25)(H,23,26). The van der Waals surface area contributed by atoms with Gasteiger partial charge in [-0.3, -0.25) is 9.59 Å². The monoisotopic (exact) mass is 387 g/mol. The summed E-state index contributed by atoms with van der Waals surface area (Å²) in [5.74, 6) is 0.351. The molecule has 3 rings (SSSR count). The number of ether oxygens (including phenoxy) is 1. The van der Waals surface area contributed by atoms with E-state index in [1.54, 1.807) is 19.1 Å². The number of amides is 2. The molecule has 0 spiro atoms. The molecule has 2 aromatic carbocycles. The van der Waals surface area contributed by atoms with E-state index in [4.69, 9.17) is 16.3 Å². The van der Waals surface area contributed by atoms with Crippen LogP contribution in [0.15, 0.2) is 42.5 Å². The number of aryl methyl sites for hydroxylation is 1. The predicted molar refractivity (Wildman–Crippen MR) is 107 cm³/mol. The summed E-state index contributed by atoms with van der Waals surface area (Å²) in [4.78, 5) is 25.9. The summed E-state index contributed by atoms with van der Waals surface area (Å²) in [6.07, 6.45) is -0.656. The molecule has 1 aliphatic heterocycles. The minimum Gasteiger partial charge on any atom is -0.481 e. The van der Waals surface area contributed by atoms with E-state index in [1.807, 2.05) is 42.2 Å². The van der Waals surface area contributed by atoms with Gasteiger partial charge < -0.3 is 20.3 Å². The summed E-state index contributed by atoms with van der Waals surface area (Å²) in [5.41, 5.74) is 2.41. The van der Waals surface area contributed by atoms with Gasteiger partial charge in [-0.05, 0) is 49.7 Å². The second kappa shape index (κ2) is 8.31. The Morgan fingerprint density at radius 2 is 2.11 bits per heavy atom. The number of piperazine rings is 1. The minimum absolute atomic E-state index is 0.0307. The number of anilines is 2. The molecule has 1 fully saturated rings. The SMILES string of the molecule is Cc1cccc(OC(C)C(=O)Nc2ccc(N3CCNC(=O)C3)c(Cl)c2)c1. The molecule has 6 nitrogen and oxygen atoms in total. The van der Waals surface area contributed by atoms with Gasteiger partial charge >= 0.3 is 0 Å². The Labute approximate surface area is 163 Å². The molecule has 2 N–H and O–H groups in total. The number of nitrogens with zero attached hydrogens (tertiary/aromatic N) is 1. The third-order valence-corrected chi connectivity index (χ3v) is 4.57. The van der Waals surface area contributed by atoms with Crippen LogP contribution in [0.1, 0.15) is 12.5 Å². The van der Waals surface area contributed by atoms with Crippen LogP contribution in [0.5, 0.6) is 5.75 Å². The molecule has 0 radical (unpaired) electrons. The van der Waals surface area contributed by atoms with Crippen molar-refractivity contribution in [2.75, 3.05) is 29.9 Å². The average molecular weight is 388 g/mol. The van der Waals surface area contributed by atoms with Gasteiger partial charge in [-0.25, -0.2) is 0 Å². The molecule has 0 saturated carbocycles. The highest BCUT2D eigenvalue weighted by molar-refractivity contribution is 6.33. The highest BCUT2D eigenvalue weighted by Gasteiger charge is 2.20. The van der Waals surface area contributed by atoms with Gasteiger partial charge in [-0.15, -0.1) is 0 Å². The maximum absolute atomic E-state index is 12.4. The first-order valence-electron chi connectivity index (χ1n) is 8.78. The van der Waals surface area contributed by atoms with Gasteiger partial charge in [0.05, 0.1) is 17.3 Å². The average Bonchev–Trinajstić information content (AvgIpc) is 2.61. The zero-order valence-corrected chi connectivity index (χ0v) is 16.0. The van der Waals surface area contributed by atoms with Crippen LogP contribution in [0.4, 0.5) is 11.4 Å². The van der Waals surface area contributed by atoms with Crippen molar-refractivity contribution >= 4 is 34.8 Å². The van der Waals surface area contributed by atoms with Crippen LogP contribution in [0.25, 0.3) is 0 Å². The molecule has 1 atom stereocenters. The molecule has 1 heterocycles. The van der Waals surface area contributed by atoms with Gasteiger partial charge in [-0.2, -0.15) is 0 Å². The lowest BCUT2D eigenvalue weighted by molar-refractivity contribution is -0.122. The Bertz CT molecular complexity index is 856. The molecule has 2 amide bonds. The Hall–Kier alpha value is -2.73. The van der Waals surface area contributed by atoms with Gasteiger partial charge in [0, 0.05) is 18.8 Å². The van der Waals surface area contributed by atoms with Crippen LogP contribution in [0.2, 0.25) is 5.02 Å². The lowest BCUT2D eigenvalue weighted by Crippen LogP contribution is -2.47. The number of hydrogen-bond donors (Lipinski definition) is 2. The fourth-order valence-corrected chi connectivity index (χ4v) is 3.18. The van der Waals surface area contributed by atoms with E-state index in [0.29, 0.717) is 29.5 Å². The molecule has 142 valence electrons. The smallest absolute Gasteiger partial charge is 0.265 e. The molecule has 1 aliphatic rings. The van der Waals surface area contributed by atoms with Crippen molar-refractivity contribution in [2.24, 2.45) is 0 Å². The van der Waals surface area contributed by atoms with Crippen LogP contribution in [-0.4, -0.2) is 37.6 Å². The van der Waals surface area contributed by atoms with Crippen molar-refractivity contribution in [3.8, 4) is 5.75 Å². The first-order chi connectivity index (χ1) is 12.9. The van der Waals surface area contributed by atoms with Crippen LogP contribution >= 0.6 is 11.6 Å². The largest absolute Gasteiger partial charge is 0.481 e. The van der Waals surface area contributed by atoms with Crippen LogP contribution in [0, 0.1) is 6.92 Å². The minimum atomic E-state index is -0.656. The summed E-state index contributed by atoms with van der Waals surface area (Å²) in [6, 6.07) is 12.8. The van der Waals surface area contributed by atoms with E-state index in [9.17, 15) is 9.59 Å². The fraction of sp³-hybridized carbons (Fsp3) is 0.300. The highest BCUT2D eigenvalue weighted by Crippen LogP contribution is 2.29. The van der Waals surface area contributed by atoms with Crippen LogP contribution in [-0.2, 0) is 9.59 Å². The Balaban J connectivity index is 1.63. The molecule has 2 aromatic rings. The van der Waals surface area contributed by atoms with Crippen molar-refractivity contribution in [1.82, 2.24) is 5.32 Å². The second-order valence-corrected chi connectivity index (χ2v) is 6.91. The maximum atomic E-state index is 12.4. The van der Waals surface area contributed by atoms with Gasteiger partial charge in [0.2, 0.25) is 5.91 Å². The summed E-state index contributed by atoms with van der Waals surface area (Å²) in [5, 5.41) is 6.07. The van der Waals surface area contributed by atoms with Gasteiger partial charge in [0.15, 0.2) is 6.10 Å². The summed E-state index contributed by atoms with van der Waals surface area (Å²) < 4.78 is 5.69. The molecule has 0 aromatic heterocycles. The molecule has 1 saturated heterocycles. The maximum Gasteiger partial charge on any atom is 0.265 e. The number of rotatable bonds is 5. The number of hydrogen-bond acceptors (Lipinski definition) is 4. The van der Waals surface area contributed by atoms with Gasteiger partial charge in [-0.1, -0.05) is 23.7 Å². The van der Waals surface area contributed by atoms with Crippen molar-refractivity contribution < 1.29 is 14.3 Å². The second-order valence-electron chi connectivity index (χ2n) is 6.50. The third-order valence-electron chi connectivity index (χ3n) is 4.27. The molecule has 0 bridgehead atoms. The summed E-state index contributed by atoms with van der Waals surface area (Å²) >= 11 is 6.36. The number of carbonyl (C=O) groups excluding carboxylic acids is 2. The molecule has 0 aliphatic carbocycles. The lowest BCUT2D eigenvalue weighted by atomic mass is 10.2. The van der Waals surface area contributed by atoms with Crippen LogP contribution < -0.4 is 20.3 Å². The molecule has 7 heteroatoms. The zero-order chi connectivity index (χ0) is 19.4. The van der Waals surface area contributed by atoms with E-state index in [2.05, 4.69) is 10.6 Å². The van der Waals surface area contributed by atoms with Gasteiger partial charge in [0.1, 0.15) is 5.75 Å². The Morgan fingerprint density at radius 1 is 1.30 bits per heavy atom. The van der Waals surface area contributed by atoms with Crippen LogP contribution in [0.3, 0.4) is 0 Å². The lowest BCUT2D eigenvalue weighted by Gasteiger charge is -2.29. The van der Waals surface area contributed by atoms with E-state index in [1.165, 1.54) is 0 Å². The van der Waals surface area contributed by atoms with E-state index >= 15 is 0 Å². The molecular formula is C20H22ClN3O3. The highest BCUT2D eigenvalue weighted by atomic mass is 35.5. The summed E-state index contributed by atoms with van der Waals surface area (Å²) in [7, 11) is 0. The first kappa shape index (κ1) is 19.0. The van der Waals surface area contributed by atoms with E-state index in [-0.39, 0.29) is 18.4 Å². The number of halogens is 1. The topological polar surface area (TPSA) is 70.7 Å². The van der Waals surface area contributed by atoms with Crippen molar-refractivity contribution in [2.45, 2.75) is 20.0 Å². The normalized spacial score (nSPS) is 15.1. The van der Waals surface area contributed by atoms with Crippen molar-refractivity contribution in [1.29, 1.82) is 0 Å².